The lowest BCUT2D eigenvalue weighted by atomic mass is 10.0. The zero-order valence-electron chi connectivity index (χ0n) is 9.78. The second-order valence-electron chi connectivity index (χ2n) is 4.33. The monoisotopic (exact) mass is 217 g/mol. The van der Waals surface area contributed by atoms with Gasteiger partial charge in [0.15, 0.2) is 0 Å². The van der Waals surface area contributed by atoms with Gasteiger partial charge in [0.25, 0.3) is 0 Å². The summed E-state index contributed by atoms with van der Waals surface area (Å²) < 4.78 is 5.16. The van der Waals surface area contributed by atoms with E-state index in [1.54, 1.807) is 7.11 Å². The molecule has 16 heavy (non-hydrogen) atoms. The molecule has 0 fully saturated rings. The van der Waals surface area contributed by atoms with Gasteiger partial charge >= 0.3 is 0 Å². The number of benzene rings is 1. The second kappa shape index (κ2) is 5.17. The van der Waals surface area contributed by atoms with E-state index in [0.29, 0.717) is 0 Å². The molecule has 86 valence electrons. The van der Waals surface area contributed by atoms with Crippen molar-refractivity contribution in [1.29, 1.82) is 0 Å². The van der Waals surface area contributed by atoms with Crippen molar-refractivity contribution in [2.45, 2.75) is 31.7 Å². The van der Waals surface area contributed by atoms with Crippen LogP contribution in [0, 0.1) is 0 Å². The average Bonchev–Trinajstić information content (AvgIpc) is 2.54. The summed E-state index contributed by atoms with van der Waals surface area (Å²) >= 11 is 0. The smallest absolute Gasteiger partial charge is 0.118 e. The second-order valence-corrected chi connectivity index (χ2v) is 4.33. The third-order valence-electron chi connectivity index (χ3n) is 3.11. The van der Waals surface area contributed by atoms with Gasteiger partial charge in [0.2, 0.25) is 0 Å². The van der Waals surface area contributed by atoms with Crippen LogP contribution in [0.4, 0.5) is 0 Å². The van der Waals surface area contributed by atoms with Gasteiger partial charge in [-0.1, -0.05) is 24.6 Å². The number of rotatable bonds is 2. The number of hydrogen-bond acceptors (Lipinski definition) is 2. The molecule has 2 rings (SSSR count). The molecule has 0 aliphatic heterocycles. The molecule has 1 aliphatic rings. The van der Waals surface area contributed by atoms with Crippen LogP contribution < -0.4 is 10.5 Å². The van der Waals surface area contributed by atoms with E-state index in [1.807, 2.05) is 12.1 Å². The maximum absolute atomic E-state index is 6.02. The zero-order valence-corrected chi connectivity index (χ0v) is 9.78. The Hall–Kier alpha value is -1.28. The maximum atomic E-state index is 6.02. The van der Waals surface area contributed by atoms with Gasteiger partial charge in [-0.2, -0.15) is 0 Å². The van der Waals surface area contributed by atoms with Crippen molar-refractivity contribution in [3.63, 3.8) is 0 Å². The van der Waals surface area contributed by atoms with Crippen LogP contribution in [0.25, 0.3) is 5.57 Å². The zero-order chi connectivity index (χ0) is 11.4. The molecular weight excluding hydrogens is 198 g/mol. The SMILES string of the molecule is COc1ccc(C2=CC(N)CCCC2)cc1. The molecule has 2 N–H and O–H groups in total. The van der Waals surface area contributed by atoms with Crippen molar-refractivity contribution in [2.24, 2.45) is 5.73 Å². The van der Waals surface area contributed by atoms with Crippen molar-refractivity contribution in [3.8, 4) is 5.75 Å². The fraction of sp³-hybridized carbons (Fsp3) is 0.429. The highest BCUT2D eigenvalue weighted by Gasteiger charge is 2.09. The van der Waals surface area contributed by atoms with Gasteiger partial charge in [-0.05, 0) is 42.5 Å². The maximum Gasteiger partial charge on any atom is 0.118 e. The van der Waals surface area contributed by atoms with E-state index >= 15 is 0 Å². The molecule has 0 heterocycles. The summed E-state index contributed by atoms with van der Waals surface area (Å²) in [7, 11) is 1.69. The molecule has 0 amide bonds. The number of allylic oxidation sites excluding steroid dienone is 1. The molecule has 1 aliphatic carbocycles. The molecule has 0 spiro atoms. The molecule has 0 radical (unpaired) electrons. The minimum Gasteiger partial charge on any atom is -0.497 e. The molecule has 1 aromatic rings. The van der Waals surface area contributed by atoms with Crippen LogP contribution in [0.3, 0.4) is 0 Å². The lowest BCUT2D eigenvalue weighted by Crippen LogP contribution is -2.15. The molecule has 2 nitrogen and oxygen atoms in total. The van der Waals surface area contributed by atoms with Gasteiger partial charge in [-0.3, -0.25) is 0 Å². The normalized spacial score (nSPS) is 21.1. The van der Waals surface area contributed by atoms with Crippen LogP contribution in [-0.2, 0) is 0 Å². The highest BCUT2D eigenvalue weighted by Crippen LogP contribution is 2.26. The van der Waals surface area contributed by atoms with Crippen molar-refractivity contribution in [2.75, 3.05) is 7.11 Å². The molecule has 2 heteroatoms. The first-order valence-corrected chi connectivity index (χ1v) is 5.90. The van der Waals surface area contributed by atoms with Crippen molar-refractivity contribution in [3.05, 3.63) is 35.9 Å². The summed E-state index contributed by atoms with van der Waals surface area (Å²) in [6.07, 6.45) is 6.94. The predicted octanol–water partition coefficient (Wildman–Crippen LogP) is 2.98. The predicted molar refractivity (Wildman–Crippen MR) is 67.4 cm³/mol. The quantitative estimate of drug-likeness (QED) is 0.826. The highest BCUT2D eigenvalue weighted by molar-refractivity contribution is 5.66. The number of hydrogen-bond donors (Lipinski definition) is 1. The van der Waals surface area contributed by atoms with Crippen LogP contribution in [0.15, 0.2) is 30.3 Å². The van der Waals surface area contributed by atoms with Crippen LogP contribution in [-0.4, -0.2) is 13.2 Å². The molecule has 1 aromatic carbocycles. The van der Waals surface area contributed by atoms with Crippen molar-refractivity contribution >= 4 is 5.57 Å². The lowest BCUT2D eigenvalue weighted by molar-refractivity contribution is 0.415. The van der Waals surface area contributed by atoms with Crippen LogP contribution in [0.5, 0.6) is 5.75 Å². The average molecular weight is 217 g/mol. The summed E-state index contributed by atoms with van der Waals surface area (Å²) in [4.78, 5) is 0. The first-order chi connectivity index (χ1) is 7.79. The fourth-order valence-electron chi connectivity index (χ4n) is 2.17. The summed E-state index contributed by atoms with van der Waals surface area (Å²) in [5.41, 5.74) is 8.68. The van der Waals surface area contributed by atoms with E-state index in [-0.39, 0.29) is 6.04 Å². The Bertz CT molecular complexity index is 367. The molecule has 0 bridgehead atoms. The molecule has 1 unspecified atom stereocenters. The summed E-state index contributed by atoms with van der Waals surface area (Å²) in [6.45, 7) is 0. The third-order valence-corrected chi connectivity index (χ3v) is 3.11. The Morgan fingerprint density at radius 3 is 2.62 bits per heavy atom. The Morgan fingerprint density at radius 2 is 1.94 bits per heavy atom. The first-order valence-electron chi connectivity index (χ1n) is 5.90. The van der Waals surface area contributed by atoms with Crippen LogP contribution in [0.1, 0.15) is 31.2 Å². The molecule has 0 saturated carbocycles. The van der Waals surface area contributed by atoms with E-state index in [0.717, 1.165) is 18.6 Å². The Balaban J connectivity index is 2.21. The van der Waals surface area contributed by atoms with Gasteiger partial charge < -0.3 is 10.5 Å². The molecule has 0 aromatic heterocycles. The molecule has 1 atom stereocenters. The minimum absolute atomic E-state index is 0.222. The number of nitrogens with two attached hydrogens (primary N) is 1. The standard InChI is InChI=1S/C14H19NO/c1-16-14-8-6-11(7-9-14)12-4-2-3-5-13(15)10-12/h6-10,13H,2-5,15H2,1H3. The van der Waals surface area contributed by atoms with E-state index < -0.39 is 0 Å². The topological polar surface area (TPSA) is 35.2 Å². The largest absolute Gasteiger partial charge is 0.497 e. The van der Waals surface area contributed by atoms with Gasteiger partial charge in [-0.25, -0.2) is 0 Å². The van der Waals surface area contributed by atoms with Crippen LogP contribution >= 0.6 is 0 Å². The highest BCUT2D eigenvalue weighted by atomic mass is 16.5. The Kier molecular flexibility index (Phi) is 3.62. The van der Waals surface area contributed by atoms with Gasteiger partial charge in [0, 0.05) is 6.04 Å². The molecular formula is C14H19NO. The summed E-state index contributed by atoms with van der Waals surface area (Å²) in [5.74, 6) is 0.905. The number of methoxy groups -OCH3 is 1. The molecule has 0 saturated heterocycles. The van der Waals surface area contributed by atoms with Gasteiger partial charge in [-0.15, -0.1) is 0 Å². The van der Waals surface area contributed by atoms with E-state index in [4.69, 9.17) is 10.5 Å². The number of ether oxygens (including phenoxy) is 1. The van der Waals surface area contributed by atoms with Crippen molar-refractivity contribution < 1.29 is 4.74 Å². The fourth-order valence-corrected chi connectivity index (χ4v) is 2.17. The third kappa shape index (κ3) is 2.64. The van der Waals surface area contributed by atoms with E-state index in [2.05, 4.69) is 18.2 Å². The minimum atomic E-state index is 0.222. The Labute approximate surface area is 97.1 Å². The summed E-state index contributed by atoms with van der Waals surface area (Å²) in [6, 6.07) is 8.46. The van der Waals surface area contributed by atoms with Crippen LogP contribution in [0.2, 0.25) is 0 Å². The first kappa shape index (κ1) is 11.2. The van der Waals surface area contributed by atoms with E-state index in [1.165, 1.54) is 24.0 Å². The lowest BCUT2D eigenvalue weighted by Gasteiger charge is -2.08. The van der Waals surface area contributed by atoms with Crippen molar-refractivity contribution in [1.82, 2.24) is 0 Å². The summed E-state index contributed by atoms with van der Waals surface area (Å²) in [5, 5.41) is 0. The Morgan fingerprint density at radius 1 is 1.19 bits per heavy atom. The van der Waals surface area contributed by atoms with Gasteiger partial charge in [0.1, 0.15) is 5.75 Å². The van der Waals surface area contributed by atoms with Gasteiger partial charge in [0.05, 0.1) is 7.11 Å². The van der Waals surface area contributed by atoms with E-state index in [9.17, 15) is 0 Å².